The van der Waals surface area contributed by atoms with Gasteiger partial charge in [-0.2, -0.15) is 13.2 Å². The van der Waals surface area contributed by atoms with E-state index in [1.54, 1.807) is 24.3 Å². The topological polar surface area (TPSA) is 49.4 Å². The highest BCUT2D eigenvalue weighted by Gasteiger charge is 2.33. The van der Waals surface area contributed by atoms with Gasteiger partial charge < -0.3 is 10.2 Å². The first-order valence-corrected chi connectivity index (χ1v) is 11.4. The van der Waals surface area contributed by atoms with Crippen LogP contribution >= 0.6 is 11.8 Å². The van der Waals surface area contributed by atoms with Crippen LogP contribution in [0.5, 0.6) is 0 Å². The molecular formula is C25H21F3N2O2S. The van der Waals surface area contributed by atoms with Crippen LogP contribution in [0.3, 0.4) is 0 Å². The highest BCUT2D eigenvalue weighted by molar-refractivity contribution is 8.00. The fraction of sp³-hybridized carbons (Fsp3) is 0.200. The minimum absolute atomic E-state index is 0.0722. The first kappa shape index (κ1) is 22.9. The van der Waals surface area contributed by atoms with Crippen molar-refractivity contribution in [2.24, 2.45) is 0 Å². The molecule has 0 aromatic heterocycles. The van der Waals surface area contributed by atoms with Crippen LogP contribution in [-0.4, -0.2) is 29.0 Å². The van der Waals surface area contributed by atoms with Gasteiger partial charge in [-0.05, 0) is 47.9 Å². The molecule has 1 saturated heterocycles. The summed E-state index contributed by atoms with van der Waals surface area (Å²) in [5.74, 6) is -0.0266. The smallest absolute Gasteiger partial charge is 0.326 e. The molecule has 170 valence electrons. The summed E-state index contributed by atoms with van der Waals surface area (Å²) >= 11 is 1.54. The summed E-state index contributed by atoms with van der Waals surface area (Å²) in [6.07, 6.45) is -3.73. The van der Waals surface area contributed by atoms with Gasteiger partial charge in [0.15, 0.2) is 0 Å². The number of anilines is 1. The van der Waals surface area contributed by atoms with Crippen LogP contribution in [0.15, 0.2) is 78.9 Å². The zero-order chi connectivity index (χ0) is 23.4. The van der Waals surface area contributed by atoms with Crippen molar-refractivity contribution >= 4 is 29.3 Å². The fourth-order valence-electron chi connectivity index (χ4n) is 3.64. The maximum atomic E-state index is 12.9. The van der Waals surface area contributed by atoms with Gasteiger partial charge in [0, 0.05) is 17.8 Å². The van der Waals surface area contributed by atoms with Crippen LogP contribution in [0.2, 0.25) is 0 Å². The predicted molar refractivity (Wildman–Crippen MR) is 123 cm³/mol. The summed E-state index contributed by atoms with van der Waals surface area (Å²) in [5.41, 5.74) is 1.62. The van der Waals surface area contributed by atoms with Crippen LogP contribution < -0.4 is 5.32 Å². The molecule has 8 heteroatoms. The van der Waals surface area contributed by atoms with Crippen LogP contribution in [0.1, 0.15) is 32.4 Å². The standard InChI is InChI=1S/C25H21F3N2O2S/c26-25(27,28)20-7-4-8-21(15-20)29-23(32)18-9-11-19(12-10-18)24-30(22(31)16-33-24)14-13-17-5-2-1-3-6-17/h1-12,15,24H,13-14,16H2,(H,29,32)/t24-/m1/s1. The van der Waals surface area contributed by atoms with Crippen molar-refractivity contribution in [3.8, 4) is 0 Å². The molecule has 1 aliphatic rings. The third-order valence-electron chi connectivity index (χ3n) is 5.36. The Morgan fingerprint density at radius 2 is 1.73 bits per heavy atom. The number of alkyl halides is 3. The number of carbonyl (C=O) groups excluding carboxylic acids is 2. The molecule has 0 unspecified atom stereocenters. The highest BCUT2D eigenvalue weighted by atomic mass is 32.2. The molecule has 1 fully saturated rings. The largest absolute Gasteiger partial charge is 0.416 e. The zero-order valence-corrected chi connectivity index (χ0v) is 18.3. The van der Waals surface area contributed by atoms with Gasteiger partial charge >= 0.3 is 6.18 Å². The van der Waals surface area contributed by atoms with E-state index in [1.807, 2.05) is 35.2 Å². The van der Waals surface area contributed by atoms with Crippen molar-refractivity contribution in [1.82, 2.24) is 4.90 Å². The Kier molecular flexibility index (Phi) is 6.74. The molecule has 3 aromatic rings. The maximum Gasteiger partial charge on any atom is 0.416 e. The van der Waals surface area contributed by atoms with Crippen molar-refractivity contribution < 1.29 is 22.8 Å². The van der Waals surface area contributed by atoms with Crippen LogP contribution in [0.4, 0.5) is 18.9 Å². The second-order valence-electron chi connectivity index (χ2n) is 7.64. The summed E-state index contributed by atoms with van der Waals surface area (Å²) in [6.45, 7) is 0.596. The van der Waals surface area contributed by atoms with Gasteiger partial charge in [0.2, 0.25) is 5.91 Å². The van der Waals surface area contributed by atoms with Crippen molar-refractivity contribution in [3.05, 3.63) is 101 Å². The fourth-order valence-corrected chi connectivity index (χ4v) is 4.86. The molecule has 0 aliphatic carbocycles. The second-order valence-corrected chi connectivity index (χ2v) is 8.71. The van der Waals surface area contributed by atoms with Crippen molar-refractivity contribution in [2.75, 3.05) is 17.6 Å². The summed E-state index contributed by atoms with van der Waals surface area (Å²) in [4.78, 5) is 26.8. The molecule has 1 heterocycles. The van der Waals surface area contributed by atoms with Crippen LogP contribution in [0.25, 0.3) is 0 Å². The molecule has 3 aromatic carbocycles. The van der Waals surface area contributed by atoms with Gasteiger partial charge in [-0.1, -0.05) is 48.5 Å². The van der Waals surface area contributed by atoms with Crippen molar-refractivity contribution in [2.45, 2.75) is 18.0 Å². The van der Waals surface area contributed by atoms with Gasteiger partial charge in [-0.25, -0.2) is 0 Å². The van der Waals surface area contributed by atoms with E-state index in [0.717, 1.165) is 29.7 Å². The summed E-state index contributed by atoms with van der Waals surface area (Å²) < 4.78 is 38.7. The Balaban J connectivity index is 1.43. The van der Waals surface area contributed by atoms with Crippen LogP contribution in [0, 0.1) is 0 Å². The Bertz CT molecular complexity index is 1130. The van der Waals surface area contributed by atoms with E-state index in [1.165, 1.54) is 23.9 Å². The van der Waals surface area contributed by atoms with E-state index in [2.05, 4.69) is 5.32 Å². The zero-order valence-electron chi connectivity index (χ0n) is 17.5. The third-order valence-corrected chi connectivity index (χ3v) is 6.61. The summed E-state index contributed by atoms with van der Waals surface area (Å²) in [6, 6.07) is 21.3. The lowest BCUT2D eigenvalue weighted by Gasteiger charge is -2.24. The Hall–Kier alpha value is -3.26. The number of carbonyl (C=O) groups is 2. The van der Waals surface area contributed by atoms with Gasteiger partial charge in [-0.3, -0.25) is 9.59 Å². The van der Waals surface area contributed by atoms with E-state index < -0.39 is 17.6 Å². The molecule has 0 radical (unpaired) electrons. The lowest BCUT2D eigenvalue weighted by molar-refractivity contribution is -0.137. The minimum Gasteiger partial charge on any atom is -0.326 e. The molecule has 1 N–H and O–H groups in total. The normalized spacial score (nSPS) is 16.2. The number of thioether (sulfide) groups is 1. The number of benzene rings is 3. The first-order valence-electron chi connectivity index (χ1n) is 10.3. The summed E-state index contributed by atoms with van der Waals surface area (Å²) in [5, 5.41) is 2.37. The number of nitrogens with zero attached hydrogens (tertiary/aromatic N) is 1. The average Bonchev–Trinajstić information content (AvgIpc) is 3.18. The number of nitrogens with one attached hydrogen (secondary N) is 1. The molecule has 0 spiro atoms. The van der Waals surface area contributed by atoms with Crippen LogP contribution in [-0.2, 0) is 17.4 Å². The Labute approximate surface area is 193 Å². The van der Waals surface area contributed by atoms with Crippen molar-refractivity contribution in [1.29, 1.82) is 0 Å². The number of rotatable bonds is 6. The molecule has 4 rings (SSSR count). The van der Waals surface area contributed by atoms with Crippen molar-refractivity contribution in [3.63, 3.8) is 0 Å². The monoisotopic (exact) mass is 470 g/mol. The molecule has 33 heavy (non-hydrogen) atoms. The molecule has 0 bridgehead atoms. The van der Waals surface area contributed by atoms with E-state index in [0.29, 0.717) is 17.9 Å². The number of hydrogen-bond acceptors (Lipinski definition) is 3. The lowest BCUT2D eigenvalue weighted by atomic mass is 10.1. The van der Waals surface area contributed by atoms with Gasteiger partial charge in [-0.15, -0.1) is 11.8 Å². The molecule has 0 saturated carbocycles. The molecule has 4 nitrogen and oxygen atoms in total. The van der Waals surface area contributed by atoms with E-state index in [9.17, 15) is 22.8 Å². The lowest BCUT2D eigenvalue weighted by Crippen LogP contribution is -2.30. The number of amides is 2. The number of hydrogen-bond donors (Lipinski definition) is 1. The molecule has 1 atom stereocenters. The van der Waals surface area contributed by atoms with Gasteiger partial charge in [0.1, 0.15) is 5.37 Å². The highest BCUT2D eigenvalue weighted by Crippen LogP contribution is 2.38. The molecule has 1 aliphatic heterocycles. The predicted octanol–water partition coefficient (Wildman–Crippen LogP) is 5.77. The van der Waals surface area contributed by atoms with Gasteiger partial charge in [0.25, 0.3) is 5.91 Å². The Morgan fingerprint density at radius 3 is 2.42 bits per heavy atom. The second kappa shape index (κ2) is 9.70. The van der Waals surface area contributed by atoms with E-state index in [-0.39, 0.29) is 17.0 Å². The number of halogens is 3. The molecular weight excluding hydrogens is 449 g/mol. The van der Waals surface area contributed by atoms with Gasteiger partial charge in [0.05, 0.1) is 11.3 Å². The maximum absolute atomic E-state index is 12.9. The average molecular weight is 471 g/mol. The third kappa shape index (κ3) is 5.57. The first-order chi connectivity index (χ1) is 15.8. The minimum atomic E-state index is -4.48. The van der Waals surface area contributed by atoms with E-state index in [4.69, 9.17) is 0 Å². The van der Waals surface area contributed by atoms with E-state index >= 15 is 0 Å². The Morgan fingerprint density at radius 1 is 1.00 bits per heavy atom. The summed E-state index contributed by atoms with van der Waals surface area (Å²) in [7, 11) is 0. The quantitative estimate of drug-likeness (QED) is 0.497. The SMILES string of the molecule is O=C(Nc1cccc(C(F)(F)F)c1)c1ccc([C@H]2SCC(=O)N2CCc2ccccc2)cc1. The molecule has 2 amide bonds.